The van der Waals surface area contributed by atoms with Crippen LogP contribution in [0.25, 0.3) is 0 Å². The van der Waals surface area contributed by atoms with Gasteiger partial charge in [0.05, 0.1) is 0 Å². The molecule has 0 fully saturated rings. The van der Waals surface area contributed by atoms with Gasteiger partial charge in [-0.05, 0) is 0 Å². The summed E-state index contributed by atoms with van der Waals surface area (Å²) in [4.78, 5) is 0. The predicted octanol–water partition coefficient (Wildman–Crippen LogP) is 1.99. The summed E-state index contributed by atoms with van der Waals surface area (Å²) in [6, 6.07) is 0. The Morgan fingerprint density at radius 2 is 1.00 bits per heavy atom. The third-order valence-electron chi connectivity index (χ3n) is 0. The SMILES string of the molecule is C=[C-]C.C=[C-]C.[Zn+2]. The molecule has 0 bridgehead atoms. The van der Waals surface area contributed by atoms with Crippen molar-refractivity contribution in [3.8, 4) is 0 Å². The van der Waals surface area contributed by atoms with Crippen molar-refractivity contribution in [3.63, 3.8) is 0 Å². The summed E-state index contributed by atoms with van der Waals surface area (Å²) >= 11 is 0. The molecule has 0 saturated heterocycles. The fraction of sp³-hybridized carbons (Fsp3) is 0.333. The summed E-state index contributed by atoms with van der Waals surface area (Å²) < 4.78 is 0. The van der Waals surface area contributed by atoms with Crippen molar-refractivity contribution in [2.75, 3.05) is 0 Å². The van der Waals surface area contributed by atoms with Gasteiger partial charge < -0.3 is 12.2 Å². The summed E-state index contributed by atoms with van der Waals surface area (Å²) in [6.07, 6.45) is 5.00. The first kappa shape index (κ1) is 15.7. The molecule has 0 aromatic carbocycles. The van der Waals surface area contributed by atoms with Crippen LogP contribution in [-0.2, 0) is 19.5 Å². The van der Waals surface area contributed by atoms with E-state index in [1.54, 1.807) is 13.8 Å². The van der Waals surface area contributed by atoms with Gasteiger partial charge in [0.15, 0.2) is 0 Å². The Morgan fingerprint density at radius 1 is 1.00 bits per heavy atom. The van der Waals surface area contributed by atoms with Crippen molar-refractivity contribution in [2.24, 2.45) is 0 Å². The smallest absolute Gasteiger partial charge is 0.507 e. The Kier molecular flexibility index (Phi) is 80.7. The van der Waals surface area contributed by atoms with Gasteiger partial charge in [-0.2, -0.15) is 13.8 Å². The van der Waals surface area contributed by atoms with Crippen LogP contribution in [0.1, 0.15) is 13.8 Å². The molecule has 1 heteroatoms. The molecule has 0 heterocycles. The Morgan fingerprint density at radius 3 is 1.00 bits per heavy atom. The minimum Gasteiger partial charge on any atom is -0.507 e. The van der Waals surface area contributed by atoms with E-state index in [4.69, 9.17) is 0 Å². The second-order valence-electron chi connectivity index (χ2n) is 0.707. The van der Waals surface area contributed by atoms with Crippen molar-refractivity contribution in [3.05, 3.63) is 25.3 Å². The van der Waals surface area contributed by atoms with E-state index in [0.29, 0.717) is 0 Å². The van der Waals surface area contributed by atoms with Crippen LogP contribution in [0.3, 0.4) is 0 Å². The maximum Gasteiger partial charge on any atom is 2.00 e. The molecule has 0 amide bonds. The number of rotatable bonds is 0. The van der Waals surface area contributed by atoms with Gasteiger partial charge in [-0.15, -0.1) is 0 Å². The summed E-state index contributed by atoms with van der Waals surface area (Å²) in [6.45, 7) is 10.0. The van der Waals surface area contributed by atoms with Crippen molar-refractivity contribution in [1.29, 1.82) is 0 Å². The quantitative estimate of drug-likeness (QED) is 0.363. The fourth-order valence-corrected chi connectivity index (χ4v) is 0. The Balaban J connectivity index is -0.0000000400. The molecular weight excluding hydrogens is 137 g/mol. The van der Waals surface area contributed by atoms with Gasteiger partial charge in [0.1, 0.15) is 0 Å². The van der Waals surface area contributed by atoms with E-state index in [0.717, 1.165) is 0 Å². The average Bonchev–Trinajstić information content (AvgIpc) is 1.39. The molecule has 0 aliphatic rings. The molecule has 0 saturated carbocycles. The van der Waals surface area contributed by atoms with E-state index < -0.39 is 0 Å². The summed E-state index contributed by atoms with van der Waals surface area (Å²) in [5, 5.41) is 0. The molecule has 0 aliphatic carbocycles. The first-order valence-electron chi connectivity index (χ1n) is 1.71. The van der Waals surface area contributed by atoms with Crippen LogP contribution in [0, 0.1) is 12.2 Å². The van der Waals surface area contributed by atoms with E-state index in [2.05, 4.69) is 25.3 Å². The van der Waals surface area contributed by atoms with Crippen molar-refractivity contribution < 1.29 is 19.5 Å². The second-order valence-corrected chi connectivity index (χ2v) is 0.707. The first-order chi connectivity index (χ1) is 2.83. The average molecular weight is 148 g/mol. The molecule has 0 rings (SSSR count). The number of hydrogen-bond acceptors (Lipinski definition) is 0. The van der Waals surface area contributed by atoms with E-state index in [1.807, 2.05) is 0 Å². The molecule has 36 valence electrons. The molecule has 0 N–H and O–H groups in total. The Bertz CT molecular complexity index is 25.2. The van der Waals surface area contributed by atoms with E-state index in [1.165, 1.54) is 0 Å². The zero-order valence-corrected chi connectivity index (χ0v) is 8.09. The van der Waals surface area contributed by atoms with Gasteiger partial charge in [-0.3, -0.25) is 13.2 Å². The molecule has 0 aromatic heterocycles. The first-order valence-corrected chi connectivity index (χ1v) is 1.71. The fourth-order valence-electron chi connectivity index (χ4n) is 0. The zero-order valence-electron chi connectivity index (χ0n) is 5.12. The molecule has 0 aliphatic heterocycles. The molecule has 7 heavy (non-hydrogen) atoms. The third kappa shape index (κ3) is 9620. The zero-order chi connectivity index (χ0) is 5.41. The van der Waals surface area contributed by atoms with Crippen LogP contribution in [0.4, 0.5) is 0 Å². The maximum absolute atomic E-state index is 3.24. The van der Waals surface area contributed by atoms with Gasteiger partial charge >= 0.3 is 19.5 Å². The Labute approximate surface area is 59.1 Å². The van der Waals surface area contributed by atoms with Crippen LogP contribution in [0.15, 0.2) is 13.2 Å². The molecule has 0 spiro atoms. The standard InChI is InChI=1S/2C3H5.Zn/c2*1-3-2;/h2*1H2,2H3;/q2*-1;+2. The van der Waals surface area contributed by atoms with Crippen molar-refractivity contribution in [1.82, 2.24) is 0 Å². The number of hydrogen-bond donors (Lipinski definition) is 0. The van der Waals surface area contributed by atoms with E-state index >= 15 is 0 Å². The second kappa shape index (κ2) is 35.9. The minimum absolute atomic E-state index is 0. The predicted molar refractivity (Wildman–Crippen MR) is 29.1 cm³/mol. The van der Waals surface area contributed by atoms with Crippen molar-refractivity contribution in [2.45, 2.75) is 13.8 Å². The van der Waals surface area contributed by atoms with Crippen LogP contribution in [-0.4, -0.2) is 0 Å². The van der Waals surface area contributed by atoms with Crippen LogP contribution >= 0.6 is 0 Å². The number of allylic oxidation sites excluding steroid dienone is 2. The summed E-state index contributed by atoms with van der Waals surface area (Å²) in [5.74, 6) is 0. The van der Waals surface area contributed by atoms with Gasteiger partial charge in [0, 0.05) is 0 Å². The van der Waals surface area contributed by atoms with Gasteiger partial charge in [-0.25, -0.2) is 0 Å². The maximum atomic E-state index is 3.24. The summed E-state index contributed by atoms with van der Waals surface area (Å²) in [5.41, 5.74) is 0. The Hall–Kier alpha value is 0.103. The van der Waals surface area contributed by atoms with Gasteiger partial charge in [0.25, 0.3) is 0 Å². The third-order valence-corrected chi connectivity index (χ3v) is 0. The summed E-state index contributed by atoms with van der Waals surface area (Å²) in [7, 11) is 0. The van der Waals surface area contributed by atoms with E-state index in [-0.39, 0.29) is 19.5 Å². The normalized spacial score (nSPS) is 3.71. The largest absolute Gasteiger partial charge is 2.00 e. The molecule has 0 nitrogen and oxygen atoms in total. The molecule has 0 atom stereocenters. The molecule has 0 radical (unpaired) electrons. The van der Waals surface area contributed by atoms with E-state index in [9.17, 15) is 0 Å². The topological polar surface area (TPSA) is 0 Å². The van der Waals surface area contributed by atoms with Crippen LogP contribution in [0.5, 0.6) is 0 Å². The molecular formula is C6H10Zn. The van der Waals surface area contributed by atoms with Crippen LogP contribution in [0.2, 0.25) is 0 Å². The van der Waals surface area contributed by atoms with Gasteiger partial charge in [0.2, 0.25) is 0 Å². The van der Waals surface area contributed by atoms with Gasteiger partial charge in [-0.1, -0.05) is 0 Å². The van der Waals surface area contributed by atoms with Crippen molar-refractivity contribution >= 4 is 0 Å². The molecule has 0 unspecified atom stereocenters. The van der Waals surface area contributed by atoms with Crippen LogP contribution < -0.4 is 0 Å². The minimum atomic E-state index is 0. The monoisotopic (exact) mass is 146 g/mol. The molecule has 0 aromatic rings.